The van der Waals surface area contributed by atoms with Crippen molar-refractivity contribution in [2.24, 2.45) is 0 Å². The third-order valence-corrected chi connectivity index (χ3v) is 5.07. The van der Waals surface area contributed by atoms with Crippen LogP contribution in [0.25, 0.3) is 0 Å². The van der Waals surface area contributed by atoms with Crippen LogP contribution in [0.1, 0.15) is 54.2 Å². The van der Waals surface area contributed by atoms with E-state index in [1.165, 1.54) is 0 Å². The summed E-state index contributed by atoms with van der Waals surface area (Å²) in [4.78, 5) is 12.3. The number of aryl methyl sites for hydroxylation is 1. The SMILES string of the molecule is CCCCOCCOCCOCCOCCNC(=O)c1ccc(C(C)n2cc(C)cn2)cc1. The second-order valence-corrected chi connectivity index (χ2v) is 7.85. The minimum atomic E-state index is -0.111. The van der Waals surface area contributed by atoms with Gasteiger partial charge in [0, 0.05) is 24.9 Å². The number of carbonyl (C=O) groups is 1. The highest BCUT2D eigenvalue weighted by Crippen LogP contribution is 2.18. The fraction of sp³-hybridized carbons (Fsp3) is 0.600. The van der Waals surface area contributed by atoms with Gasteiger partial charge in [-0.05, 0) is 43.5 Å². The molecule has 2 rings (SSSR count). The Bertz CT molecular complexity index is 779. The maximum absolute atomic E-state index is 12.3. The van der Waals surface area contributed by atoms with Crippen LogP contribution in [0.4, 0.5) is 0 Å². The van der Waals surface area contributed by atoms with Crippen molar-refractivity contribution < 1.29 is 23.7 Å². The van der Waals surface area contributed by atoms with Crippen molar-refractivity contribution in [1.29, 1.82) is 0 Å². The summed E-state index contributed by atoms with van der Waals surface area (Å²) in [7, 11) is 0. The number of carbonyl (C=O) groups excluding carboxylic acids is 1. The minimum Gasteiger partial charge on any atom is -0.379 e. The van der Waals surface area contributed by atoms with Crippen molar-refractivity contribution in [3.63, 3.8) is 0 Å². The molecule has 1 amide bonds. The van der Waals surface area contributed by atoms with E-state index in [0.717, 1.165) is 30.6 Å². The Morgan fingerprint density at radius 1 is 0.939 bits per heavy atom. The van der Waals surface area contributed by atoms with Gasteiger partial charge in [0.2, 0.25) is 0 Å². The molecule has 0 spiro atoms. The highest BCUT2D eigenvalue weighted by atomic mass is 16.6. The zero-order chi connectivity index (χ0) is 23.7. The van der Waals surface area contributed by atoms with Crippen molar-refractivity contribution in [3.05, 3.63) is 53.3 Å². The van der Waals surface area contributed by atoms with E-state index >= 15 is 0 Å². The summed E-state index contributed by atoms with van der Waals surface area (Å²) in [6, 6.07) is 7.72. The first-order chi connectivity index (χ1) is 16.1. The third kappa shape index (κ3) is 10.9. The molecule has 8 nitrogen and oxygen atoms in total. The Morgan fingerprint density at radius 2 is 1.52 bits per heavy atom. The Morgan fingerprint density at radius 3 is 2.06 bits per heavy atom. The lowest BCUT2D eigenvalue weighted by Crippen LogP contribution is -2.27. The lowest BCUT2D eigenvalue weighted by molar-refractivity contribution is -0.00164. The summed E-state index contributed by atoms with van der Waals surface area (Å²) in [6.07, 6.45) is 6.08. The molecule has 1 atom stereocenters. The van der Waals surface area contributed by atoms with E-state index in [4.69, 9.17) is 18.9 Å². The summed E-state index contributed by atoms with van der Waals surface area (Å²) < 4.78 is 23.7. The first-order valence-electron chi connectivity index (χ1n) is 11.8. The summed E-state index contributed by atoms with van der Waals surface area (Å²) in [6.45, 7) is 11.2. The molecule has 0 aliphatic heterocycles. The van der Waals surface area contributed by atoms with Crippen LogP contribution < -0.4 is 5.32 Å². The highest BCUT2D eigenvalue weighted by Gasteiger charge is 2.10. The molecule has 1 heterocycles. The van der Waals surface area contributed by atoms with Crippen molar-refractivity contribution >= 4 is 5.91 Å². The summed E-state index contributed by atoms with van der Waals surface area (Å²) in [5.41, 5.74) is 2.85. The standard InChI is InChI=1S/C25H39N3O5/c1-4-5-11-30-13-15-32-17-18-33-16-14-31-12-10-26-25(29)24-8-6-23(7-9-24)22(3)28-20-21(2)19-27-28/h6-9,19-20,22H,4-5,10-18H2,1-3H3,(H,26,29). The van der Waals surface area contributed by atoms with Crippen molar-refractivity contribution in [1.82, 2.24) is 15.1 Å². The molecule has 33 heavy (non-hydrogen) atoms. The van der Waals surface area contributed by atoms with Crippen LogP contribution >= 0.6 is 0 Å². The normalized spacial score (nSPS) is 12.1. The number of unbranched alkanes of at least 4 members (excludes halogenated alkanes) is 1. The molecule has 1 aromatic carbocycles. The number of nitrogens with one attached hydrogen (secondary N) is 1. The van der Waals surface area contributed by atoms with Crippen molar-refractivity contribution in [2.45, 2.75) is 39.7 Å². The molecule has 0 fully saturated rings. The fourth-order valence-corrected chi connectivity index (χ4v) is 3.06. The van der Waals surface area contributed by atoms with Gasteiger partial charge in [-0.2, -0.15) is 5.10 Å². The smallest absolute Gasteiger partial charge is 0.251 e. The van der Waals surface area contributed by atoms with Gasteiger partial charge in [0.1, 0.15) is 0 Å². The molecule has 1 N–H and O–H groups in total. The maximum Gasteiger partial charge on any atom is 0.251 e. The topological polar surface area (TPSA) is 83.8 Å². The van der Waals surface area contributed by atoms with E-state index in [9.17, 15) is 4.79 Å². The largest absolute Gasteiger partial charge is 0.379 e. The zero-order valence-electron chi connectivity index (χ0n) is 20.3. The summed E-state index contributed by atoms with van der Waals surface area (Å²) in [5.74, 6) is -0.111. The molecule has 2 aromatic rings. The predicted octanol–water partition coefficient (Wildman–Crippen LogP) is 3.40. The third-order valence-electron chi connectivity index (χ3n) is 5.07. The lowest BCUT2D eigenvalue weighted by Gasteiger charge is -2.13. The molecule has 184 valence electrons. The second-order valence-electron chi connectivity index (χ2n) is 7.85. The van der Waals surface area contributed by atoms with E-state index in [1.54, 1.807) is 0 Å². The molecular formula is C25H39N3O5. The van der Waals surface area contributed by atoms with Gasteiger partial charge in [-0.3, -0.25) is 9.48 Å². The number of nitrogens with zero attached hydrogens (tertiary/aromatic N) is 2. The molecule has 1 aromatic heterocycles. The number of hydrogen-bond acceptors (Lipinski definition) is 6. The molecule has 0 radical (unpaired) electrons. The first kappa shape index (κ1) is 27.0. The summed E-state index contributed by atoms with van der Waals surface area (Å²) >= 11 is 0. The van der Waals surface area contributed by atoms with Gasteiger partial charge in [0.25, 0.3) is 5.91 Å². The van der Waals surface area contributed by atoms with Crippen LogP contribution in [0.5, 0.6) is 0 Å². The fourth-order valence-electron chi connectivity index (χ4n) is 3.06. The van der Waals surface area contributed by atoms with Crippen molar-refractivity contribution in [2.75, 3.05) is 59.4 Å². The lowest BCUT2D eigenvalue weighted by atomic mass is 10.1. The number of aromatic nitrogens is 2. The van der Waals surface area contributed by atoms with E-state index in [2.05, 4.69) is 24.3 Å². The van der Waals surface area contributed by atoms with Crippen LogP contribution in [0.15, 0.2) is 36.7 Å². The van der Waals surface area contributed by atoms with Gasteiger partial charge in [-0.25, -0.2) is 0 Å². The van der Waals surface area contributed by atoms with Gasteiger partial charge >= 0.3 is 0 Å². The number of amides is 1. The molecule has 0 aliphatic carbocycles. The molecule has 8 heteroatoms. The molecular weight excluding hydrogens is 422 g/mol. The first-order valence-corrected chi connectivity index (χ1v) is 11.8. The molecule has 0 saturated heterocycles. The summed E-state index contributed by atoms with van der Waals surface area (Å²) in [5, 5.41) is 7.23. The van der Waals surface area contributed by atoms with Gasteiger partial charge < -0.3 is 24.3 Å². The molecule has 1 unspecified atom stereocenters. The minimum absolute atomic E-state index is 0.111. The quantitative estimate of drug-likeness (QED) is 0.343. The van der Waals surface area contributed by atoms with Crippen LogP contribution in [-0.2, 0) is 18.9 Å². The number of hydrogen-bond donors (Lipinski definition) is 1. The zero-order valence-corrected chi connectivity index (χ0v) is 20.3. The molecule has 0 bridgehead atoms. The number of ether oxygens (including phenoxy) is 4. The highest BCUT2D eigenvalue weighted by molar-refractivity contribution is 5.94. The average molecular weight is 462 g/mol. The monoisotopic (exact) mass is 461 g/mol. The van der Waals surface area contributed by atoms with Gasteiger partial charge in [0.15, 0.2) is 0 Å². The van der Waals surface area contributed by atoms with Gasteiger partial charge in [0.05, 0.1) is 58.5 Å². The predicted molar refractivity (Wildman–Crippen MR) is 128 cm³/mol. The van der Waals surface area contributed by atoms with Crippen LogP contribution in [0, 0.1) is 6.92 Å². The van der Waals surface area contributed by atoms with E-state index < -0.39 is 0 Å². The second kappa shape index (κ2) is 16.4. The maximum atomic E-state index is 12.3. The Balaban J connectivity index is 1.47. The number of rotatable bonds is 18. The van der Waals surface area contributed by atoms with Crippen LogP contribution in [0.3, 0.4) is 0 Å². The molecule has 0 saturated carbocycles. The van der Waals surface area contributed by atoms with Crippen LogP contribution in [-0.4, -0.2) is 75.1 Å². The average Bonchev–Trinajstić information content (AvgIpc) is 3.27. The van der Waals surface area contributed by atoms with Gasteiger partial charge in [-0.15, -0.1) is 0 Å². The Kier molecular flexibility index (Phi) is 13.4. The van der Waals surface area contributed by atoms with E-state index in [0.29, 0.717) is 58.4 Å². The Labute approximate surface area is 197 Å². The van der Waals surface area contributed by atoms with E-state index in [-0.39, 0.29) is 11.9 Å². The van der Waals surface area contributed by atoms with Gasteiger partial charge in [-0.1, -0.05) is 25.5 Å². The van der Waals surface area contributed by atoms with Crippen molar-refractivity contribution in [3.8, 4) is 0 Å². The number of benzene rings is 1. The van der Waals surface area contributed by atoms with Crippen LogP contribution in [0.2, 0.25) is 0 Å². The Hall–Kier alpha value is -2.26. The van der Waals surface area contributed by atoms with E-state index in [1.807, 2.05) is 48.3 Å². The molecule has 0 aliphatic rings.